The van der Waals surface area contributed by atoms with Crippen LogP contribution in [0.5, 0.6) is 0 Å². The molecule has 7 nitrogen and oxygen atoms in total. The van der Waals surface area contributed by atoms with Gasteiger partial charge in [0, 0.05) is 18.3 Å². The number of anilines is 1. The lowest BCUT2D eigenvalue weighted by atomic mass is 10.1. The molecule has 0 saturated heterocycles. The Morgan fingerprint density at radius 3 is 2.89 bits per heavy atom. The van der Waals surface area contributed by atoms with E-state index in [1.807, 2.05) is 24.5 Å². The highest BCUT2D eigenvalue weighted by Crippen LogP contribution is 2.22. The maximum absolute atomic E-state index is 12.8. The molecule has 140 valence electrons. The number of imidazole rings is 1. The van der Waals surface area contributed by atoms with Gasteiger partial charge in [-0.3, -0.25) is 9.59 Å². The summed E-state index contributed by atoms with van der Waals surface area (Å²) in [5.74, 6) is -0.322. The smallest absolute Gasteiger partial charge is 0.287 e. The van der Waals surface area contributed by atoms with Gasteiger partial charge in [0.2, 0.25) is 0 Å². The second kappa shape index (κ2) is 8.04. The summed E-state index contributed by atoms with van der Waals surface area (Å²) in [5, 5.41) is 14.7. The zero-order chi connectivity index (χ0) is 19.4. The van der Waals surface area contributed by atoms with Crippen molar-refractivity contribution in [2.24, 2.45) is 0 Å². The van der Waals surface area contributed by atoms with Gasteiger partial charge in [-0.25, -0.2) is 4.98 Å². The van der Waals surface area contributed by atoms with Gasteiger partial charge >= 0.3 is 0 Å². The Kier molecular flexibility index (Phi) is 5.55. The van der Waals surface area contributed by atoms with Crippen LogP contribution in [0.1, 0.15) is 65.5 Å². The number of hydrogen-bond acceptors (Lipinski definition) is 4. The quantitative estimate of drug-likeness (QED) is 0.851. The summed E-state index contributed by atoms with van der Waals surface area (Å²) in [7, 11) is 0. The van der Waals surface area contributed by atoms with E-state index in [0.29, 0.717) is 30.0 Å². The van der Waals surface area contributed by atoms with Gasteiger partial charge in [-0.2, -0.15) is 5.26 Å². The second-order valence-electron chi connectivity index (χ2n) is 6.77. The van der Waals surface area contributed by atoms with E-state index in [-0.39, 0.29) is 23.6 Å². The third-order valence-corrected chi connectivity index (χ3v) is 4.78. The van der Waals surface area contributed by atoms with E-state index in [1.165, 1.54) is 0 Å². The van der Waals surface area contributed by atoms with Gasteiger partial charge in [-0.1, -0.05) is 13.0 Å². The van der Waals surface area contributed by atoms with Crippen LogP contribution >= 0.6 is 0 Å². The lowest BCUT2D eigenvalue weighted by Crippen LogP contribution is -2.34. The van der Waals surface area contributed by atoms with E-state index in [1.54, 1.807) is 24.3 Å². The minimum atomic E-state index is -0.363. The summed E-state index contributed by atoms with van der Waals surface area (Å²) in [4.78, 5) is 29.8. The number of aromatic nitrogens is 2. The van der Waals surface area contributed by atoms with Crippen molar-refractivity contribution in [2.45, 2.75) is 52.1 Å². The van der Waals surface area contributed by atoms with Crippen molar-refractivity contribution in [3.63, 3.8) is 0 Å². The van der Waals surface area contributed by atoms with E-state index in [9.17, 15) is 9.59 Å². The number of nitrogens with one attached hydrogen (secondary N) is 2. The van der Waals surface area contributed by atoms with Gasteiger partial charge in [0.05, 0.1) is 17.3 Å². The lowest BCUT2D eigenvalue weighted by Gasteiger charge is -2.18. The molecule has 1 aliphatic rings. The summed E-state index contributed by atoms with van der Waals surface area (Å²) in [6.07, 6.45) is 3.45. The number of benzene rings is 1. The third kappa shape index (κ3) is 4.00. The topological polar surface area (TPSA) is 99.8 Å². The Morgan fingerprint density at radius 1 is 1.33 bits per heavy atom. The first-order valence-corrected chi connectivity index (χ1v) is 9.25. The van der Waals surface area contributed by atoms with E-state index < -0.39 is 0 Å². The SMILES string of the molecule is CCC(C)NC(=O)c1nc(C(=O)Nc2cccc(C#N)c2)c2n1CCCC2. The first-order chi connectivity index (χ1) is 13.0. The largest absolute Gasteiger partial charge is 0.347 e. The maximum Gasteiger partial charge on any atom is 0.287 e. The summed E-state index contributed by atoms with van der Waals surface area (Å²) in [6.45, 7) is 4.62. The number of fused-ring (bicyclic) bond motifs is 1. The molecule has 0 fully saturated rings. The van der Waals surface area contributed by atoms with Gasteiger partial charge < -0.3 is 15.2 Å². The first kappa shape index (κ1) is 18.6. The second-order valence-corrected chi connectivity index (χ2v) is 6.77. The summed E-state index contributed by atoms with van der Waals surface area (Å²) >= 11 is 0. The molecule has 0 spiro atoms. The fraction of sp³-hybridized carbons (Fsp3) is 0.400. The standard InChI is InChI=1S/C20H23N5O2/c1-3-13(2)22-20(27)18-24-17(16-9-4-5-10-25(16)18)19(26)23-15-8-6-7-14(11-15)12-21/h6-8,11,13H,3-5,9-10H2,1-2H3,(H,22,27)(H,23,26). The average molecular weight is 365 g/mol. The number of nitrogens with zero attached hydrogens (tertiary/aromatic N) is 3. The number of hydrogen-bond donors (Lipinski definition) is 2. The van der Waals surface area contributed by atoms with Crippen molar-refractivity contribution in [3.05, 3.63) is 47.0 Å². The third-order valence-electron chi connectivity index (χ3n) is 4.78. The van der Waals surface area contributed by atoms with E-state index >= 15 is 0 Å². The molecule has 1 atom stereocenters. The van der Waals surface area contributed by atoms with Crippen LogP contribution in [-0.2, 0) is 13.0 Å². The highest BCUT2D eigenvalue weighted by atomic mass is 16.2. The van der Waals surface area contributed by atoms with Crippen molar-refractivity contribution in [3.8, 4) is 6.07 Å². The molecule has 1 aliphatic heterocycles. The van der Waals surface area contributed by atoms with Crippen LogP contribution in [0.15, 0.2) is 24.3 Å². The van der Waals surface area contributed by atoms with Crippen LogP contribution in [0, 0.1) is 11.3 Å². The maximum atomic E-state index is 12.8. The number of rotatable bonds is 5. The first-order valence-electron chi connectivity index (χ1n) is 9.25. The van der Waals surface area contributed by atoms with Gasteiger partial charge in [0.15, 0.2) is 11.5 Å². The Bertz CT molecular complexity index is 910. The van der Waals surface area contributed by atoms with Crippen molar-refractivity contribution in [2.75, 3.05) is 5.32 Å². The Morgan fingerprint density at radius 2 is 2.15 bits per heavy atom. The molecule has 27 heavy (non-hydrogen) atoms. The molecule has 2 heterocycles. The lowest BCUT2D eigenvalue weighted by molar-refractivity contribution is 0.0923. The molecule has 0 bridgehead atoms. The molecule has 7 heteroatoms. The number of amides is 2. The minimum absolute atomic E-state index is 0.0417. The highest BCUT2D eigenvalue weighted by Gasteiger charge is 2.27. The Labute approximate surface area is 158 Å². The van der Waals surface area contributed by atoms with Crippen LogP contribution in [0.3, 0.4) is 0 Å². The molecule has 3 rings (SSSR count). The average Bonchev–Trinajstić information content (AvgIpc) is 3.08. The molecule has 0 radical (unpaired) electrons. The van der Waals surface area contributed by atoms with E-state index in [2.05, 4.69) is 15.6 Å². The van der Waals surface area contributed by atoms with E-state index in [4.69, 9.17) is 5.26 Å². The van der Waals surface area contributed by atoms with E-state index in [0.717, 1.165) is 25.0 Å². The fourth-order valence-electron chi connectivity index (χ4n) is 3.15. The van der Waals surface area contributed by atoms with Gasteiger partial charge in [0.25, 0.3) is 11.8 Å². The fourth-order valence-corrected chi connectivity index (χ4v) is 3.15. The molecule has 0 saturated carbocycles. The van der Waals surface area contributed by atoms with Crippen LogP contribution < -0.4 is 10.6 Å². The predicted octanol–water partition coefficient (Wildman–Crippen LogP) is 2.87. The number of nitriles is 1. The molecule has 2 N–H and O–H groups in total. The molecule has 0 aliphatic carbocycles. The molecule has 2 amide bonds. The van der Waals surface area contributed by atoms with Gasteiger partial charge in [-0.15, -0.1) is 0 Å². The van der Waals surface area contributed by atoms with Crippen molar-refractivity contribution in [1.82, 2.24) is 14.9 Å². The van der Waals surface area contributed by atoms with Crippen LogP contribution in [-0.4, -0.2) is 27.4 Å². The van der Waals surface area contributed by atoms with Crippen molar-refractivity contribution >= 4 is 17.5 Å². The zero-order valence-corrected chi connectivity index (χ0v) is 15.6. The van der Waals surface area contributed by atoms with Crippen LogP contribution in [0.25, 0.3) is 0 Å². The monoisotopic (exact) mass is 365 g/mol. The molecule has 1 aromatic heterocycles. The normalized spacial score (nSPS) is 14.0. The molecular weight excluding hydrogens is 342 g/mol. The van der Waals surface area contributed by atoms with Crippen LogP contribution in [0.2, 0.25) is 0 Å². The highest BCUT2D eigenvalue weighted by molar-refractivity contribution is 6.05. The van der Waals surface area contributed by atoms with Crippen LogP contribution in [0.4, 0.5) is 5.69 Å². The summed E-state index contributed by atoms with van der Waals surface area (Å²) in [6, 6.07) is 8.80. The zero-order valence-electron chi connectivity index (χ0n) is 15.6. The van der Waals surface area contributed by atoms with Gasteiger partial charge in [-0.05, 0) is 50.8 Å². The van der Waals surface area contributed by atoms with Crippen molar-refractivity contribution < 1.29 is 9.59 Å². The molecule has 1 aromatic carbocycles. The number of carbonyl (C=O) groups excluding carboxylic acids is 2. The molecule has 1 unspecified atom stereocenters. The molecule has 2 aromatic rings. The molecular formula is C20H23N5O2. The van der Waals surface area contributed by atoms with Crippen molar-refractivity contribution in [1.29, 1.82) is 5.26 Å². The summed E-state index contributed by atoms with van der Waals surface area (Å²) in [5.41, 5.74) is 2.08. The Hall–Kier alpha value is -3.14. The Balaban J connectivity index is 1.89. The van der Waals surface area contributed by atoms with Gasteiger partial charge in [0.1, 0.15) is 0 Å². The minimum Gasteiger partial charge on any atom is -0.347 e. The summed E-state index contributed by atoms with van der Waals surface area (Å²) < 4.78 is 1.86. The predicted molar refractivity (Wildman–Crippen MR) is 101 cm³/mol. The number of carbonyl (C=O) groups is 2.